The van der Waals surface area contributed by atoms with Crippen molar-refractivity contribution in [3.05, 3.63) is 41.8 Å². The van der Waals surface area contributed by atoms with Gasteiger partial charge in [-0.3, -0.25) is 0 Å². The van der Waals surface area contributed by atoms with Crippen LogP contribution in [0.25, 0.3) is 11.5 Å². The molecule has 2 aromatic rings. The Morgan fingerprint density at radius 1 is 1.20 bits per heavy atom. The lowest BCUT2D eigenvalue weighted by molar-refractivity contribution is 0.558. The molecule has 3 nitrogen and oxygen atoms in total. The predicted octanol–water partition coefficient (Wildman–Crippen LogP) is 4.14. The van der Waals surface area contributed by atoms with Crippen molar-refractivity contribution < 1.29 is 4.42 Å². The van der Waals surface area contributed by atoms with Crippen molar-refractivity contribution in [3.8, 4) is 11.5 Å². The molecule has 1 N–H and O–H groups in total. The molecular weight excluding hydrogens is 248 g/mol. The molecular formula is C17H24N2O. The van der Waals surface area contributed by atoms with Gasteiger partial charge in [0.2, 0.25) is 5.89 Å². The van der Waals surface area contributed by atoms with Crippen LogP contribution in [-0.2, 0) is 12.0 Å². The summed E-state index contributed by atoms with van der Waals surface area (Å²) in [6.07, 6.45) is 2.87. The molecule has 0 bridgehead atoms. The first-order valence-corrected chi connectivity index (χ1v) is 7.27. The topological polar surface area (TPSA) is 38.1 Å². The van der Waals surface area contributed by atoms with Gasteiger partial charge in [0, 0.05) is 12.1 Å². The summed E-state index contributed by atoms with van der Waals surface area (Å²) in [5, 5.41) is 3.34. The lowest BCUT2D eigenvalue weighted by atomic mass is 9.84. The molecule has 0 radical (unpaired) electrons. The van der Waals surface area contributed by atoms with Crippen molar-refractivity contribution in [2.24, 2.45) is 0 Å². The van der Waals surface area contributed by atoms with Gasteiger partial charge in [0.1, 0.15) is 6.26 Å². The van der Waals surface area contributed by atoms with E-state index < -0.39 is 0 Å². The Balaban J connectivity index is 2.24. The van der Waals surface area contributed by atoms with Crippen LogP contribution in [0, 0.1) is 0 Å². The van der Waals surface area contributed by atoms with Gasteiger partial charge in [0.05, 0.1) is 5.69 Å². The molecule has 0 fully saturated rings. The second-order valence-corrected chi connectivity index (χ2v) is 6.12. The van der Waals surface area contributed by atoms with E-state index in [4.69, 9.17) is 4.42 Å². The molecule has 0 unspecified atom stereocenters. The summed E-state index contributed by atoms with van der Waals surface area (Å²) < 4.78 is 5.67. The normalized spacial score (nSPS) is 11.8. The summed E-state index contributed by atoms with van der Waals surface area (Å²) >= 11 is 0. The number of benzene rings is 1. The minimum Gasteiger partial charge on any atom is -0.444 e. The highest BCUT2D eigenvalue weighted by Gasteiger charge is 2.20. The molecule has 1 heterocycles. The van der Waals surface area contributed by atoms with Crippen LogP contribution in [0.1, 0.15) is 45.4 Å². The number of rotatable bonds is 5. The number of aromatic nitrogens is 1. The lowest BCUT2D eigenvalue weighted by Crippen LogP contribution is -2.14. The van der Waals surface area contributed by atoms with Crippen LogP contribution in [-0.4, -0.2) is 11.5 Å². The molecule has 0 aliphatic carbocycles. The highest BCUT2D eigenvalue weighted by atomic mass is 16.3. The average molecular weight is 272 g/mol. The van der Waals surface area contributed by atoms with Crippen LogP contribution in [0.5, 0.6) is 0 Å². The standard InChI is InChI=1S/C17H24N2O/c1-5-10-18-11-13-12-20-16(19-13)14-8-6-7-9-15(14)17(2,3)4/h6-9,12,18H,5,10-11H2,1-4H3. The summed E-state index contributed by atoms with van der Waals surface area (Å²) in [4.78, 5) is 4.60. The minimum atomic E-state index is 0.0751. The van der Waals surface area contributed by atoms with Gasteiger partial charge < -0.3 is 9.73 Å². The van der Waals surface area contributed by atoms with Crippen LogP contribution in [0.3, 0.4) is 0 Å². The molecule has 1 aromatic carbocycles. The summed E-state index contributed by atoms with van der Waals surface area (Å²) in [6, 6.07) is 8.32. The predicted molar refractivity (Wildman–Crippen MR) is 82.6 cm³/mol. The maximum Gasteiger partial charge on any atom is 0.226 e. The van der Waals surface area contributed by atoms with E-state index in [9.17, 15) is 0 Å². The number of oxazole rings is 1. The van der Waals surface area contributed by atoms with Crippen molar-refractivity contribution in [2.75, 3.05) is 6.54 Å². The molecule has 3 heteroatoms. The van der Waals surface area contributed by atoms with Crippen molar-refractivity contribution in [1.29, 1.82) is 0 Å². The fourth-order valence-electron chi connectivity index (χ4n) is 2.23. The van der Waals surface area contributed by atoms with Gasteiger partial charge in [-0.2, -0.15) is 0 Å². The number of hydrogen-bond donors (Lipinski definition) is 1. The van der Waals surface area contributed by atoms with Gasteiger partial charge in [-0.05, 0) is 30.0 Å². The number of hydrogen-bond acceptors (Lipinski definition) is 3. The van der Waals surface area contributed by atoms with E-state index in [1.807, 2.05) is 6.07 Å². The van der Waals surface area contributed by atoms with Gasteiger partial charge >= 0.3 is 0 Å². The van der Waals surface area contributed by atoms with Gasteiger partial charge in [-0.15, -0.1) is 0 Å². The van der Waals surface area contributed by atoms with Crippen LogP contribution in [0.2, 0.25) is 0 Å². The van der Waals surface area contributed by atoms with E-state index in [-0.39, 0.29) is 5.41 Å². The zero-order valence-corrected chi connectivity index (χ0v) is 12.9. The first-order chi connectivity index (χ1) is 9.52. The van der Waals surface area contributed by atoms with Gasteiger partial charge in [0.25, 0.3) is 0 Å². The smallest absolute Gasteiger partial charge is 0.226 e. The van der Waals surface area contributed by atoms with Crippen LogP contribution in [0.4, 0.5) is 0 Å². The Morgan fingerprint density at radius 3 is 2.65 bits per heavy atom. The Hall–Kier alpha value is -1.61. The molecule has 0 spiro atoms. The average Bonchev–Trinajstić information content (AvgIpc) is 2.87. The van der Waals surface area contributed by atoms with Gasteiger partial charge in [0.15, 0.2) is 0 Å². The third-order valence-corrected chi connectivity index (χ3v) is 3.25. The minimum absolute atomic E-state index is 0.0751. The summed E-state index contributed by atoms with van der Waals surface area (Å²) in [6.45, 7) is 10.5. The molecule has 2 rings (SSSR count). The quantitative estimate of drug-likeness (QED) is 0.831. The maximum atomic E-state index is 5.67. The van der Waals surface area contributed by atoms with Gasteiger partial charge in [-0.1, -0.05) is 45.9 Å². The van der Waals surface area contributed by atoms with Crippen molar-refractivity contribution in [3.63, 3.8) is 0 Å². The molecule has 1 aromatic heterocycles. The fourth-order valence-corrected chi connectivity index (χ4v) is 2.23. The monoisotopic (exact) mass is 272 g/mol. The third kappa shape index (κ3) is 3.48. The summed E-state index contributed by atoms with van der Waals surface area (Å²) in [5.74, 6) is 0.712. The Morgan fingerprint density at radius 2 is 1.95 bits per heavy atom. The van der Waals surface area contributed by atoms with Crippen LogP contribution >= 0.6 is 0 Å². The molecule has 0 amide bonds. The molecule has 0 aliphatic rings. The third-order valence-electron chi connectivity index (χ3n) is 3.25. The van der Waals surface area contributed by atoms with Crippen molar-refractivity contribution in [1.82, 2.24) is 10.3 Å². The van der Waals surface area contributed by atoms with E-state index >= 15 is 0 Å². The highest BCUT2D eigenvalue weighted by Crippen LogP contribution is 2.32. The fraction of sp³-hybridized carbons (Fsp3) is 0.471. The van der Waals surface area contributed by atoms with Gasteiger partial charge in [-0.25, -0.2) is 4.98 Å². The summed E-state index contributed by atoms with van der Waals surface area (Å²) in [5.41, 5.74) is 3.37. The second kappa shape index (κ2) is 6.23. The van der Waals surface area contributed by atoms with Crippen molar-refractivity contribution >= 4 is 0 Å². The largest absolute Gasteiger partial charge is 0.444 e. The summed E-state index contributed by atoms with van der Waals surface area (Å²) in [7, 11) is 0. The van der Waals surface area contributed by atoms with E-state index in [1.54, 1.807) is 6.26 Å². The van der Waals surface area contributed by atoms with Crippen molar-refractivity contribution in [2.45, 2.75) is 46.1 Å². The first kappa shape index (κ1) is 14.8. The first-order valence-electron chi connectivity index (χ1n) is 7.27. The molecule has 0 saturated heterocycles. The molecule has 20 heavy (non-hydrogen) atoms. The highest BCUT2D eigenvalue weighted by molar-refractivity contribution is 5.60. The Kier molecular flexibility index (Phi) is 4.61. The Labute approximate surface area is 121 Å². The van der Waals surface area contributed by atoms with Crippen LogP contribution in [0.15, 0.2) is 34.9 Å². The molecule has 0 atom stereocenters. The molecule has 108 valence electrons. The van der Waals surface area contributed by atoms with E-state index in [0.29, 0.717) is 5.89 Å². The van der Waals surface area contributed by atoms with E-state index in [2.05, 4.69) is 56.2 Å². The SMILES string of the molecule is CCCNCc1coc(-c2ccccc2C(C)(C)C)n1. The Bertz CT molecular complexity index is 552. The second-order valence-electron chi connectivity index (χ2n) is 6.12. The number of nitrogens with one attached hydrogen (secondary N) is 1. The number of nitrogens with zero attached hydrogens (tertiary/aromatic N) is 1. The molecule has 0 aliphatic heterocycles. The van der Waals surface area contributed by atoms with Crippen LogP contribution < -0.4 is 5.32 Å². The molecule has 0 saturated carbocycles. The zero-order valence-electron chi connectivity index (χ0n) is 12.9. The maximum absolute atomic E-state index is 5.67. The van der Waals surface area contributed by atoms with E-state index in [0.717, 1.165) is 30.8 Å². The van der Waals surface area contributed by atoms with E-state index in [1.165, 1.54) is 5.56 Å². The lowest BCUT2D eigenvalue weighted by Gasteiger charge is -2.21. The zero-order chi connectivity index (χ0) is 14.6.